The SMILES string of the molecule is COc1nc(-c2c(C)c(Cl)cc3[nH]ncc23)c(F)c2nc(OCC34CCCC3N(C3CC5CCC(C3)O5)CCC4)nc(N3CCOCC(C)(O)C3)c12. The summed E-state index contributed by atoms with van der Waals surface area (Å²) < 4.78 is 41.8. The van der Waals surface area contributed by atoms with E-state index in [0.29, 0.717) is 82.3 Å². The normalized spacial score (nSPS) is 30.9. The Morgan fingerprint density at radius 2 is 1.92 bits per heavy atom. The molecular formula is C38H47ClFN7O5. The zero-order valence-corrected chi connectivity index (χ0v) is 30.8. The molecule has 7 heterocycles. The second-order valence-corrected chi connectivity index (χ2v) is 16.4. The molecule has 5 atom stereocenters. The number of benzene rings is 1. The number of hydrogen-bond acceptors (Lipinski definition) is 11. The number of pyridine rings is 1. The number of nitrogens with zero attached hydrogens (tertiary/aromatic N) is 6. The van der Waals surface area contributed by atoms with Crippen LogP contribution in [0.15, 0.2) is 12.3 Å². The summed E-state index contributed by atoms with van der Waals surface area (Å²) in [7, 11) is 1.50. The number of nitrogens with one attached hydrogen (secondary N) is 1. The number of piperidine rings is 1. The molecule has 2 bridgehead atoms. The molecule has 4 aromatic rings. The van der Waals surface area contributed by atoms with E-state index in [1.807, 2.05) is 11.8 Å². The first-order chi connectivity index (χ1) is 25.1. The van der Waals surface area contributed by atoms with Crippen LogP contribution in [0.4, 0.5) is 10.2 Å². The van der Waals surface area contributed by atoms with Crippen LogP contribution >= 0.6 is 11.6 Å². The first kappa shape index (κ1) is 34.4. The number of H-pyrrole nitrogens is 1. The highest BCUT2D eigenvalue weighted by atomic mass is 35.5. The first-order valence-electron chi connectivity index (χ1n) is 18.8. The number of aromatic amines is 1. The van der Waals surface area contributed by atoms with Gasteiger partial charge in [0.05, 0.1) is 57.4 Å². The fraction of sp³-hybridized carbons (Fsp3) is 0.632. The summed E-state index contributed by atoms with van der Waals surface area (Å²) in [5, 5.41) is 19.7. The third-order valence-electron chi connectivity index (χ3n) is 12.4. The Bertz CT molecular complexity index is 2000. The lowest BCUT2D eigenvalue weighted by Crippen LogP contribution is -2.57. The maximum Gasteiger partial charge on any atom is 0.319 e. The van der Waals surface area contributed by atoms with E-state index in [0.717, 1.165) is 51.5 Å². The summed E-state index contributed by atoms with van der Waals surface area (Å²) >= 11 is 6.65. The van der Waals surface area contributed by atoms with Gasteiger partial charge < -0.3 is 29.0 Å². The Hall–Kier alpha value is -3.36. The second-order valence-electron chi connectivity index (χ2n) is 16.0. The van der Waals surface area contributed by atoms with Crippen LogP contribution in [-0.2, 0) is 9.47 Å². The first-order valence-corrected chi connectivity index (χ1v) is 19.2. The van der Waals surface area contributed by atoms with E-state index >= 15 is 4.39 Å². The summed E-state index contributed by atoms with van der Waals surface area (Å²) in [6, 6.07) is 2.81. The smallest absolute Gasteiger partial charge is 0.319 e. The molecule has 12 nitrogen and oxygen atoms in total. The molecule has 9 rings (SSSR count). The van der Waals surface area contributed by atoms with Gasteiger partial charge in [0.15, 0.2) is 5.82 Å². The van der Waals surface area contributed by atoms with Gasteiger partial charge in [-0.05, 0) is 83.4 Å². The van der Waals surface area contributed by atoms with Gasteiger partial charge in [-0.15, -0.1) is 0 Å². The van der Waals surface area contributed by atoms with Crippen molar-refractivity contribution in [2.75, 3.05) is 51.5 Å². The number of fused-ring (bicyclic) bond motifs is 5. The van der Waals surface area contributed by atoms with Gasteiger partial charge >= 0.3 is 6.01 Å². The molecule has 3 aromatic heterocycles. The topological polar surface area (TPSA) is 131 Å². The van der Waals surface area contributed by atoms with Crippen molar-refractivity contribution in [1.82, 2.24) is 30.0 Å². The molecule has 5 unspecified atom stereocenters. The lowest BCUT2D eigenvalue weighted by molar-refractivity contribution is -0.0798. The van der Waals surface area contributed by atoms with Crippen molar-refractivity contribution >= 4 is 39.2 Å². The van der Waals surface area contributed by atoms with Crippen LogP contribution in [-0.4, -0.2) is 112 Å². The number of rotatable bonds is 7. The Labute approximate surface area is 307 Å². The van der Waals surface area contributed by atoms with Crippen molar-refractivity contribution in [2.24, 2.45) is 5.41 Å². The molecule has 0 spiro atoms. The summed E-state index contributed by atoms with van der Waals surface area (Å²) in [5.74, 6) is -0.123. The van der Waals surface area contributed by atoms with Gasteiger partial charge in [-0.1, -0.05) is 18.0 Å². The Morgan fingerprint density at radius 3 is 2.73 bits per heavy atom. The summed E-state index contributed by atoms with van der Waals surface area (Å²) in [4.78, 5) is 19.2. The number of anilines is 1. The number of aromatic nitrogens is 5. The number of aliphatic hydroxyl groups is 1. The van der Waals surface area contributed by atoms with Crippen LogP contribution < -0.4 is 14.4 Å². The maximum absolute atomic E-state index is 17.3. The molecule has 0 radical (unpaired) electrons. The van der Waals surface area contributed by atoms with Crippen LogP contribution in [0.5, 0.6) is 11.9 Å². The Kier molecular flexibility index (Phi) is 8.73. The second kappa shape index (κ2) is 13.2. The van der Waals surface area contributed by atoms with Gasteiger partial charge in [-0.3, -0.25) is 10.00 Å². The monoisotopic (exact) mass is 735 g/mol. The molecule has 1 saturated carbocycles. The van der Waals surface area contributed by atoms with Gasteiger partial charge in [0.1, 0.15) is 28.0 Å². The van der Waals surface area contributed by atoms with Gasteiger partial charge in [0, 0.05) is 40.0 Å². The summed E-state index contributed by atoms with van der Waals surface area (Å²) in [5.41, 5.74) is 0.652. The number of likely N-dealkylation sites (tertiary alicyclic amines) is 1. The standard InChI is InChI=1S/C38H47ClFN7O5/c1-21-26(39)16-27-25(17-41-45-27)29(21)32-31(40)33-30(35(42-32)49-3)34(46-12-13-50-19-37(2,48)18-46)44-36(43-33)51-20-38-9-4-6-28(38)47(11-5-10-38)22-14-23-7-8-24(15-22)52-23/h16-17,22-24,28,48H,4-15,18-20H2,1-3H3,(H,41,45). The molecule has 14 heteroatoms. The zero-order chi connectivity index (χ0) is 35.8. The summed E-state index contributed by atoms with van der Waals surface area (Å²) in [6.07, 6.45) is 12.5. The van der Waals surface area contributed by atoms with Gasteiger partial charge in [0.25, 0.3) is 0 Å². The van der Waals surface area contributed by atoms with E-state index in [1.165, 1.54) is 20.0 Å². The molecule has 278 valence electrons. The molecule has 1 aromatic carbocycles. The quantitative estimate of drug-likeness (QED) is 0.232. The van der Waals surface area contributed by atoms with Gasteiger partial charge in [0.2, 0.25) is 5.88 Å². The highest BCUT2D eigenvalue weighted by Crippen LogP contribution is 2.51. The van der Waals surface area contributed by atoms with Crippen molar-refractivity contribution in [3.8, 4) is 23.1 Å². The van der Waals surface area contributed by atoms with Crippen LogP contribution in [0.3, 0.4) is 0 Å². The predicted molar refractivity (Wildman–Crippen MR) is 195 cm³/mol. The largest absolute Gasteiger partial charge is 0.480 e. The molecule has 5 fully saturated rings. The van der Waals surface area contributed by atoms with Crippen molar-refractivity contribution < 1.29 is 28.4 Å². The molecule has 4 saturated heterocycles. The van der Waals surface area contributed by atoms with E-state index in [4.69, 9.17) is 45.5 Å². The lowest BCUT2D eigenvalue weighted by atomic mass is 9.74. The Balaban J connectivity index is 1.14. The number of β-amino-alcohol motifs (C(OH)–C–C–N with tert-alkyl or cyclic N) is 1. The average Bonchev–Trinajstić information content (AvgIpc) is 3.84. The zero-order valence-electron chi connectivity index (χ0n) is 30.1. The molecule has 2 N–H and O–H groups in total. The third kappa shape index (κ3) is 5.87. The van der Waals surface area contributed by atoms with Crippen molar-refractivity contribution in [3.63, 3.8) is 0 Å². The van der Waals surface area contributed by atoms with Gasteiger partial charge in [-0.2, -0.15) is 15.1 Å². The summed E-state index contributed by atoms with van der Waals surface area (Å²) in [6.45, 7) is 6.21. The molecule has 5 aliphatic rings. The highest BCUT2D eigenvalue weighted by Gasteiger charge is 2.51. The van der Waals surface area contributed by atoms with E-state index < -0.39 is 11.4 Å². The fourth-order valence-corrected chi connectivity index (χ4v) is 10.2. The molecule has 4 aliphatic heterocycles. The van der Waals surface area contributed by atoms with E-state index in [1.54, 1.807) is 19.2 Å². The molecular weight excluding hydrogens is 689 g/mol. The van der Waals surface area contributed by atoms with E-state index in [9.17, 15) is 5.11 Å². The number of halogens is 2. The minimum Gasteiger partial charge on any atom is -0.480 e. The van der Waals surface area contributed by atoms with Crippen molar-refractivity contribution in [3.05, 3.63) is 28.7 Å². The van der Waals surface area contributed by atoms with E-state index in [2.05, 4.69) is 15.1 Å². The van der Waals surface area contributed by atoms with Gasteiger partial charge in [-0.25, -0.2) is 9.37 Å². The molecule has 0 amide bonds. The van der Waals surface area contributed by atoms with Crippen LogP contribution in [0, 0.1) is 18.2 Å². The average molecular weight is 736 g/mol. The predicted octanol–water partition coefficient (Wildman–Crippen LogP) is 5.99. The lowest BCUT2D eigenvalue weighted by Gasteiger charge is -2.50. The maximum atomic E-state index is 17.3. The van der Waals surface area contributed by atoms with Crippen LogP contribution in [0.2, 0.25) is 5.02 Å². The highest BCUT2D eigenvalue weighted by molar-refractivity contribution is 6.33. The Morgan fingerprint density at radius 1 is 1.12 bits per heavy atom. The van der Waals surface area contributed by atoms with Crippen molar-refractivity contribution in [1.29, 1.82) is 0 Å². The number of methoxy groups -OCH3 is 1. The van der Waals surface area contributed by atoms with Crippen LogP contribution in [0.25, 0.3) is 33.1 Å². The van der Waals surface area contributed by atoms with E-state index in [-0.39, 0.29) is 41.7 Å². The minimum atomic E-state index is -1.18. The minimum absolute atomic E-state index is 0.0195. The third-order valence-corrected chi connectivity index (χ3v) is 12.8. The fourth-order valence-electron chi connectivity index (χ4n) is 10.0. The number of hydrogen-bond donors (Lipinski definition) is 2. The molecule has 52 heavy (non-hydrogen) atoms. The van der Waals surface area contributed by atoms with Crippen molar-refractivity contribution in [2.45, 2.75) is 102 Å². The van der Waals surface area contributed by atoms with Crippen LogP contribution in [0.1, 0.15) is 70.3 Å². The number of ether oxygens (including phenoxy) is 4. The molecule has 1 aliphatic carbocycles.